The van der Waals surface area contributed by atoms with Gasteiger partial charge in [-0.2, -0.15) is 5.10 Å². The van der Waals surface area contributed by atoms with Gasteiger partial charge in [-0.15, -0.1) is 0 Å². The van der Waals surface area contributed by atoms with Gasteiger partial charge in [0, 0.05) is 6.20 Å². The molecule has 0 bridgehead atoms. The Morgan fingerprint density at radius 3 is 3.22 bits per heavy atom. The molecule has 0 saturated heterocycles. The molecule has 1 aromatic heterocycles. The lowest BCUT2D eigenvalue weighted by atomic mass is 9.89. The number of hydrogen-bond donors (Lipinski definition) is 2. The highest BCUT2D eigenvalue weighted by Crippen LogP contribution is 2.25. The van der Waals surface area contributed by atoms with E-state index in [2.05, 4.69) is 22.4 Å². The minimum absolute atomic E-state index is 0.0668. The van der Waals surface area contributed by atoms with Crippen molar-refractivity contribution in [3.05, 3.63) is 18.0 Å². The molecule has 0 aromatic carbocycles. The van der Waals surface area contributed by atoms with Gasteiger partial charge < -0.3 is 10.1 Å². The van der Waals surface area contributed by atoms with Crippen molar-refractivity contribution in [2.45, 2.75) is 45.3 Å². The summed E-state index contributed by atoms with van der Waals surface area (Å²) in [5.41, 5.74) is 0.898. The second kappa shape index (κ2) is 6.54. The van der Waals surface area contributed by atoms with E-state index in [0.717, 1.165) is 24.5 Å². The number of nitrogens with zero attached hydrogens (tertiary/aromatic N) is 1. The number of rotatable bonds is 5. The molecule has 1 aromatic rings. The summed E-state index contributed by atoms with van der Waals surface area (Å²) in [7, 11) is 0. The van der Waals surface area contributed by atoms with Crippen molar-refractivity contribution in [3.8, 4) is 0 Å². The SMILES string of the molecule is CC1CCCC(OCC(=O)NCc2ccn[nH]2)C1. The van der Waals surface area contributed by atoms with Gasteiger partial charge in [0.25, 0.3) is 0 Å². The van der Waals surface area contributed by atoms with Crippen LogP contribution in [0.25, 0.3) is 0 Å². The summed E-state index contributed by atoms with van der Waals surface area (Å²) in [5.74, 6) is 0.652. The largest absolute Gasteiger partial charge is 0.368 e. The van der Waals surface area contributed by atoms with Gasteiger partial charge in [0.05, 0.1) is 18.3 Å². The lowest BCUT2D eigenvalue weighted by molar-refractivity contribution is -0.128. The van der Waals surface area contributed by atoms with E-state index >= 15 is 0 Å². The van der Waals surface area contributed by atoms with Gasteiger partial charge in [-0.3, -0.25) is 9.89 Å². The number of carbonyl (C=O) groups is 1. The van der Waals surface area contributed by atoms with Crippen LogP contribution in [0.2, 0.25) is 0 Å². The maximum Gasteiger partial charge on any atom is 0.246 e. The molecule has 0 radical (unpaired) electrons. The van der Waals surface area contributed by atoms with Crippen LogP contribution < -0.4 is 5.32 Å². The summed E-state index contributed by atoms with van der Waals surface area (Å²) in [4.78, 5) is 11.6. The second-order valence-electron chi connectivity index (χ2n) is 5.06. The van der Waals surface area contributed by atoms with Crippen molar-refractivity contribution in [3.63, 3.8) is 0 Å². The van der Waals surface area contributed by atoms with Crippen LogP contribution in [-0.4, -0.2) is 28.8 Å². The summed E-state index contributed by atoms with van der Waals surface area (Å²) < 4.78 is 5.65. The zero-order chi connectivity index (χ0) is 12.8. The van der Waals surface area contributed by atoms with Gasteiger partial charge >= 0.3 is 0 Å². The highest BCUT2D eigenvalue weighted by atomic mass is 16.5. The molecule has 2 rings (SSSR count). The van der Waals surface area contributed by atoms with E-state index in [1.165, 1.54) is 12.8 Å². The normalized spacial score (nSPS) is 23.8. The summed E-state index contributed by atoms with van der Waals surface area (Å²) in [6.07, 6.45) is 6.58. The molecule has 1 aliphatic carbocycles. The first-order valence-corrected chi connectivity index (χ1v) is 6.60. The standard InChI is InChI=1S/C13H21N3O2/c1-10-3-2-4-12(7-10)18-9-13(17)14-8-11-5-6-15-16-11/h5-6,10,12H,2-4,7-9H2,1H3,(H,14,17)(H,15,16). The molecule has 1 saturated carbocycles. The van der Waals surface area contributed by atoms with E-state index in [1.807, 2.05) is 6.07 Å². The van der Waals surface area contributed by atoms with E-state index in [1.54, 1.807) is 6.20 Å². The molecular formula is C13H21N3O2. The zero-order valence-electron chi connectivity index (χ0n) is 10.8. The molecular weight excluding hydrogens is 230 g/mol. The minimum Gasteiger partial charge on any atom is -0.368 e. The van der Waals surface area contributed by atoms with Crippen molar-refractivity contribution >= 4 is 5.91 Å². The molecule has 2 atom stereocenters. The lowest BCUT2D eigenvalue weighted by Crippen LogP contribution is -2.31. The fraction of sp³-hybridized carbons (Fsp3) is 0.692. The zero-order valence-corrected chi connectivity index (χ0v) is 10.8. The first-order chi connectivity index (χ1) is 8.74. The Morgan fingerprint density at radius 1 is 1.61 bits per heavy atom. The molecule has 1 amide bonds. The van der Waals surface area contributed by atoms with Crippen molar-refractivity contribution in [1.82, 2.24) is 15.5 Å². The number of H-pyrrole nitrogens is 1. The predicted octanol–water partition coefficient (Wildman–Crippen LogP) is 1.62. The number of nitrogens with one attached hydrogen (secondary N) is 2. The third kappa shape index (κ3) is 4.14. The van der Waals surface area contributed by atoms with Crippen LogP contribution in [0.15, 0.2) is 12.3 Å². The van der Waals surface area contributed by atoms with Crippen LogP contribution in [0.4, 0.5) is 0 Å². The van der Waals surface area contributed by atoms with Crippen LogP contribution >= 0.6 is 0 Å². The number of aromatic nitrogens is 2. The molecule has 2 N–H and O–H groups in total. The van der Waals surface area contributed by atoms with Gasteiger partial charge in [0.2, 0.25) is 5.91 Å². The average Bonchev–Trinajstić information content (AvgIpc) is 2.87. The van der Waals surface area contributed by atoms with Crippen LogP contribution in [0.5, 0.6) is 0 Å². The topological polar surface area (TPSA) is 67.0 Å². The van der Waals surface area contributed by atoms with Crippen molar-refractivity contribution < 1.29 is 9.53 Å². The Labute approximate surface area is 107 Å². The number of aromatic amines is 1. The predicted molar refractivity (Wildman–Crippen MR) is 67.8 cm³/mol. The van der Waals surface area contributed by atoms with Gasteiger partial charge in [-0.25, -0.2) is 0 Å². The van der Waals surface area contributed by atoms with Crippen LogP contribution in [0.1, 0.15) is 38.3 Å². The molecule has 1 aliphatic rings. The number of hydrogen-bond acceptors (Lipinski definition) is 3. The molecule has 2 unspecified atom stereocenters. The van der Waals surface area contributed by atoms with Crippen molar-refractivity contribution in [2.24, 2.45) is 5.92 Å². The molecule has 1 heterocycles. The fourth-order valence-corrected chi connectivity index (χ4v) is 2.35. The van der Waals surface area contributed by atoms with E-state index in [0.29, 0.717) is 6.54 Å². The maximum absolute atomic E-state index is 11.6. The number of amides is 1. The van der Waals surface area contributed by atoms with Gasteiger partial charge in [-0.1, -0.05) is 19.8 Å². The molecule has 5 nitrogen and oxygen atoms in total. The summed E-state index contributed by atoms with van der Waals surface area (Å²) in [6.45, 7) is 2.88. The fourth-order valence-electron chi connectivity index (χ4n) is 2.35. The maximum atomic E-state index is 11.6. The Kier molecular flexibility index (Phi) is 4.75. The molecule has 100 valence electrons. The van der Waals surface area contributed by atoms with Crippen molar-refractivity contribution in [1.29, 1.82) is 0 Å². The Bertz CT molecular complexity index is 364. The third-order valence-electron chi connectivity index (χ3n) is 3.37. The quantitative estimate of drug-likeness (QED) is 0.835. The molecule has 1 fully saturated rings. The summed E-state index contributed by atoms with van der Waals surface area (Å²) in [5, 5.41) is 9.42. The number of carbonyl (C=O) groups excluding carboxylic acids is 1. The van der Waals surface area contributed by atoms with Gasteiger partial charge in [-0.05, 0) is 24.8 Å². The molecule has 18 heavy (non-hydrogen) atoms. The smallest absolute Gasteiger partial charge is 0.246 e. The van der Waals surface area contributed by atoms with Crippen molar-refractivity contribution in [2.75, 3.05) is 6.61 Å². The summed E-state index contributed by atoms with van der Waals surface area (Å²) >= 11 is 0. The third-order valence-corrected chi connectivity index (χ3v) is 3.37. The first kappa shape index (κ1) is 13.1. The highest BCUT2D eigenvalue weighted by molar-refractivity contribution is 5.77. The first-order valence-electron chi connectivity index (χ1n) is 6.60. The van der Waals surface area contributed by atoms with Gasteiger partial charge in [0.1, 0.15) is 6.61 Å². The highest BCUT2D eigenvalue weighted by Gasteiger charge is 2.19. The van der Waals surface area contributed by atoms with Crippen LogP contribution in [0, 0.1) is 5.92 Å². The Morgan fingerprint density at radius 2 is 2.50 bits per heavy atom. The minimum atomic E-state index is -0.0668. The lowest BCUT2D eigenvalue weighted by Gasteiger charge is -2.26. The second-order valence-corrected chi connectivity index (χ2v) is 5.06. The van der Waals surface area contributed by atoms with Crippen LogP contribution in [-0.2, 0) is 16.1 Å². The Balaban J connectivity index is 1.62. The van der Waals surface area contributed by atoms with Gasteiger partial charge in [0.15, 0.2) is 0 Å². The van der Waals surface area contributed by atoms with Crippen LogP contribution in [0.3, 0.4) is 0 Å². The molecule has 0 aliphatic heterocycles. The van der Waals surface area contributed by atoms with E-state index in [4.69, 9.17) is 4.74 Å². The van der Waals surface area contributed by atoms with E-state index in [9.17, 15) is 4.79 Å². The van der Waals surface area contributed by atoms with E-state index < -0.39 is 0 Å². The molecule has 0 spiro atoms. The average molecular weight is 251 g/mol. The number of ether oxygens (including phenoxy) is 1. The summed E-state index contributed by atoms with van der Waals surface area (Å²) in [6, 6.07) is 1.84. The molecule has 5 heteroatoms. The monoisotopic (exact) mass is 251 g/mol. The Hall–Kier alpha value is -1.36. The van der Waals surface area contributed by atoms with E-state index in [-0.39, 0.29) is 18.6 Å².